The molecule has 6 heteroatoms. The minimum atomic E-state index is 0.237. The predicted octanol–water partition coefficient (Wildman–Crippen LogP) is 2.67. The van der Waals surface area contributed by atoms with Gasteiger partial charge in [-0.3, -0.25) is 0 Å². The summed E-state index contributed by atoms with van der Waals surface area (Å²) < 4.78 is 17.2. The van der Waals surface area contributed by atoms with Gasteiger partial charge < -0.3 is 24.4 Å². The Labute approximate surface area is 147 Å². The van der Waals surface area contributed by atoms with Crippen LogP contribution in [0, 0.1) is 6.92 Å². The number of ether oxygens (including phenoxy) is 3. The van der Waals surface area contributed by atoms with Crippen molar-refractivity contribution in [3.63, 3.8) is 0 Å². The van der Waals surface area contributed by atoms with Gasteiger partial charge in [0.1, 0.15) is 24.2 Å². The smallest absolute Gasteiger partial charge is 0.216 e. The maximum absolute atomic E-state index is 6.11. The number of benzene rings is 1. The van der Waals surface area contributed by atoms with Crippen molar-refractivity contribution in [3.8, 4) is 17.4 Å². The van der Waals surface area contributed by atoms with Gasteiger partial charge in [-0.15, -0.1) is 0 Å². The molecule has 0 amide bonds. The highest BCUT2D eigenvalue weighted by molar-refractivity contribution is 5.72. The van der Waals surface area contributed by atoms with E-state index in [4.69, 9.17) is 14.2 Å². The van der Waals surface area contributed by atoms with Crippen LogP contribution < -0.4 is 24.4 Å². The number of methoxy groups -OCH3 is 1. The number of pyridine rings is 1. The predicted molar refractivity (Wildman–Crippen MR) is 96.4 cm³/mol. The molecule has 0 spiro atoms. The minimum Gasteiger partial charge on any atom is -0.490 e. The molecule has 1 aromatic carbocycles. The molecule has 25 heavy (non-hydrogen) atoms. The molecule has 6 nitrogen and oxygen atoms in total. The van der Waals surface area contributed by atoms with Crippen LogP contribution in [0.15, 0.2) is 30.5 Å². The highest BCUT2D eigenvalue weighted by Crippen LogP contribution is 2.39. The average molecular weight is 341 g/mol. The van der Waals surface area contributed by atoms with E-state index in [0.717, 1.165) is 54.5 Å². The number of aryl methyl sites for hydroxylation is 1. The number of hydrogen-bond acceptors (Lipinski definition) is 6. The Bertz CT molecular complexity index is 760. The number of nitrogens with one attached hydrogen (secondary N) is 1. The van der Waals surface area contributed by atoms with Crippen molar-refractivity contribution >= 4 is 11.4 Å². The van der Waals surface area contributed by atoms with E-state index in [-0.39, 0.29) is 6.10 Å². The van der Waals surface area contributed by atoms with E-state index in [0.29, 0.717) is 12.5 Å². The molecule has 1 aromatic heterocycles. The van der Waals surface area contributed by atoms with Crippen molar-refractivity contribution in [1.29, 1.82) is 0 Å². The van der Waals surface area contributed by atoms with Gasteiger partial charge in [0.2, 0.25) is 5.88 Å². The van der Waals surface area contributed by atoms with Gasteiger partial charge in [-0.05, 0) is 38.1 Å². The lowest BCUT2D eigenvalue weighted by Gasteiger charge is -2.31. The Morgan fingerprint density at radius 2 is 2.24 bits per heavy atom. The lowest BCUT2D eigenvalue weighted by molar-refractivity contribution is 0.222. The first kappa shape index (κ1) is 16.0. The molecule has 4 rings (SSSR count). The molecule has 2 aliphatic rings. The number of rotatable bonds is 4. The highest BCUT2D eigenvalue weighted by Gasteiger charge is 2.23. The van der Waals surface area contributed by atoms with E-state index >= 15 is 0 Å². The van der Waals surface area contributed by atoms with Gasteiger partial charge in [0.25, 0.3) is 0 Å². The monoisotopic (exact) mass is 341 g/mol. The van der Waals surface area contributed by atoms with Crippen molar-refractivity contribution in [2.75, 3.05) is 38.3 Å². The zero-order valence-corrected chi connectivity index (χ0v) is 14.6. The molecule has 132 valence electrons. The molecule has 2 aliphatic heterocycles. The van der Waals surface area contributed by atoms with Crippen LogP contribution in [-0.4, -0.2) is 44.4 Å². The van der Waals surface area contributed by atoms with Crippen LogP contribution in [-0.2, 0) is 0 Å². The van der Waals surface area contributed by atoms with Gasteiger partial charge in [0, 0.05) is 18.2 Å². The molecule has 1 fully saturated rings. The summed E-state index contributed by atoms with van der Waals surface area (Å²) in [5, 5.41) is 3.33. The zero-order valence-electron chi connectivity index (χ0n) is 14.6. The van der Waals surface area contributed by atoms with Crippen molar-refractivity contribution in [3.05, 3.63) is 36.0 Å². The fourth-order valence-corrected chi connectivity index (χ4v) is 3.37. The van der Waals surface area contributed by atoms with Crippen LogP contribution >= 0.6 is 0 Å². The Balaban J connectivity index is 1.64. The second-order valence-electron chi connectivity index (χ2n) is 6.38. The summed E-state index contributed by atoms with van der Waals surface area (Å²) >= 11 is 0. The third kappa shape index (κ3) is 3.22. The summed E-state index contributed by atoms with van der Waals surface area (Å²) in [5.74, 6) is 2.40. The van der Waals surface area contributed by atoms with Crippen LogP contribution in [0.2, 0.25) is 0 Å². The molecule has 1 saturated heterocycles. The van der Waals surface area contributed by atoms with Gasteiger partial charge in [0.05, 0.1) is 31.2 Å². The second-order valence-corrected chi connectivity index (χ2v) is 6.38. The van der Waals surface area contributed by atoms with Crippen molar-refractivity contribution in [2.24, 2.45) is 0 Å². The van der Waals surface area contributed by atoms with E-state index in [9.17, 15) is 0 Å². The standard InChI is InChI=1S/C19H23N3O3/c1-13-9-14(11-21-19(13)23-2)22-7-8-24-18-4-3-15(10-17(18)22)25-16-5-6-20-12-16/h3-4,9-11,16,20H,5-8,12H2,1-2H3/t16-/m0/s1. The number of hydrogen-bond donors (Lipinski definition) is 1. The summed E-state index contributed by atoms with van der Waals surface area (Å²) in [7, 11) is 1.64. The minimum absolute atomic E-state index is 0.237. The van der Waals surface area contributed by atoms with Crippen LogP contribution in [0.25, 0.3) is 0 Å². The largest absolute Gasteiger partial charge is 0.490 e. The lowest BCUT2D eigenvalue weighted by Crippen LogP contribution is -2.29. The van der Waals surface area contributed by atoms with Gasteiger partial charge in [0.15, 0.2) is 0 Å². The van der Waals surface area contributed by atoms with Crippen LogP contribution in [0.5, 0.6) is 17.4 Å². The number of fused-ring (bicyclic) bond motifs is 1. The first-order chi connectivity index (χ1) is 12.2. The van der Waals surface area contributed by atoms with Gasteiger partial charge in [-0.25, -0.2) is 4.98 Å². The Morgan fingerprint density at radius 3 is 3.00 bits per heavy atom. The van der Waals surface area contributed by atoms with Crippen molar-refractivity contribution in [2.45, 2.75) is 19.4 Å². The maximum atomic E-state index is 6.11. The number of anilines is 2. The Kier molecular flexibility index (Phi) is 4.36. The molecular formula is C19H23N3O3. The van der Waals surface area contributed by atoms with Gasteiger partial charge in [-0.1, -0.05) is 0 Å². The summed E-state index contributed by atoms with van der Waals surface area (Å²) in [5.41, 5.74) is 3.06. The SMILES string of the molecule is COc1ncc(N2CCOc3ccc(O[C@H]4CCNC4)cc32)cc1C. The molecule has 3 heterocycles. The van der Waals surface area contributed by atoms with E-state index in [1.807, 2.05) is 25.3 Å². The normalized spacial score (nSPS) is 19.3. The molecular weight excluding hydrogens is 318 g/mol. The van der Waals surface area contributed by atoms with E-state index in [1.165, 1.54) is 0 Å². The Hall–Kier alpha value is -2.47. The molecule has 0 radical (unpaired) electrons. The van der Waals surface area contributed by atoms with Crippen LogP contribution in [0.3, 0.4) is 0 Å². The molecule has 1 atom stereocenters. The van der Waals surface area contributed by atoms with E-state index in [1.54, 1.807) is 7.11 Å². The summed E-state index contributed by atoms with van der Waals surface area (Å²) in [6.07, 6.45) is 3.12. The number of nitrogens with zero attached hydrogens (tertiary/aromatic N) is 2. The molecule has 0 aliphatic carbocycles. The fraction of sp³-hybridized carbons (Fsp3) is 0.421. The summed E-state index contributed by atoms with van der Waals surface area (Å²) in [4.78, 5) is 6.63. The summed E-state index contributed by atoms with van der Waals surface area (Å²) in [6, 6.07) is 8.13. The zero-order chi connectivity index (χ0) is 17.2. The van der Waals surface area contributed by atoms with E-state index in [2.05, 4.69) is 27.3 Å². The summed E-state index contributed by atoms with van der Waals surface area (Å²) in [6.45, 7) is 5.34. The topological polar surface area (TPSA) is 55.9 Å². The van der Waals surface area contributed by atoms with E-state index < -0.39 is 0 Å². The van der Waals surface area contributed by atoms with Crippen molar-refractivity contribution in [1.82, 2.24) is 10.3 Å². The first-order valence-corrected chi connectivity index (χ1v) is 8.67. The quantitative estimate of drug-likeness (QED) is 0.923. The first-order valence-electron chi connectivity index (χ1n) is 8.67. The van der Waals surface area contributed by atoms with Crippen LogP contribution in [0.4, 0.5) is 11.4 Å². The van der Waals surface area contributed by atoms with Crippen LogP contribution in [0.1, 0.15) is 12.0 Å². The highest BCUT2D eigenvalue weighted by atomic mass is 16.5. The molecule has 0 bridgehead atoms. The molecule has 2 aromatic rings. The van der Waals surface area contributed by atoms with Crippen molar-refractivity contribution < 1.29 is 14.2 Å². The average Bonchev–Trinajstić information content (AvgIpc) is 3.14. The lowest BCUT2D eigenvalue weighted by atomic mass is 10.2. The fourth-order valence-electron chi connectivity index (χ4n) is 3.37. The third-order valence-electron chi connectivity index (χ3n) is 4.63. The maximum Gasteiger partial charge on any atom is 0.216 e. The number of aromatic nitrogens is 1. The molecule has 0 unspecified atom stereocenters. The van der Waals surface area contributed by atoms with Gasteiger partial charge >= 0.3 is 0 Å². The third-order valence-corrected chi connectivity index (χ3v) is 4.63. The van der Waals surface area contributed by atoms with Gasteiger partial charge in [-0.2, -0.15) is 0 Å². The molecule has 1 N–H and O–H groups in total. The molecule has 0 saturated carbocycles. The second kappa shape index (κ2) is 6.80. The Morgan fingerprint density at radius 1 is 1.32 bits per heavy atom.